The molecule has 0 radical (unpaired) electrons. The Morgan fingerprint density at radius 1 is 1.23 bits per heavy atom. The average molecular weight is 323 g/mol. The van der Waals surface area contributed by atoms with E-state index in [0.717, 1.165) is 5.56 Å². The predicted molar refractivity (Wildman–Crippen MR) is 81.7 cm³/mol. The normalized spacial score (nSPS) is 22.6. The number of carbonyl (C=O) groups is 1. The number of rotatable bonds is 3. The fourth-order valence-electron chi connectivity index (χ4n) is 2.49. The van der Waals surface area contributed by atoms with Crippen LogP contribution < -0.4 is 14.8 Å². The van der Waals surface area contributed by atoms with Crippen molar-refractivity contribution in [3.05, 3.63) is 29.8 Å². The highest BCUT2D eigenvalue weighted by atomic mass is 32.2. The van der Waals surface area contributed by atoms with Gasteiger partial charge in [-0.25, -0.2) is 8.42 Å². The monoisotopic (exact) mass is 323 g/mol. The molecule has 2 aliphatic heterocycles. The van der Waals surface area contributed by atoms with Crippen molar-refractivity contribution >= 4 is 21.8 Å². The molecule has 7 heteroatoms. The van der Waals surface area contributed by atoms with Crippen LogP contribution >= 0.6 is 0 Å². The minimum absolute atomic E-state index is 0.0244. The summed E-state index contributed by atoms with van der Waals surface area (Å²) in [7, 11) is -2.99. The van der Waals surface area contributed by atoms with Gasteiger partial charge in [0, 0.05) is 12.1 Å². The average Bonchev–Trinajstić information content (AvgIpc) is 2.84. The molecule has 3 rings (SSSR count). The number of fused-ring (bicyclic) bond motifs is 1. The molecule has 1 atom stereocenters. The molecule has 0 bridgehead atoms. The summed E-state index contributed by atoms with van der Waals surface area (Å²) >= 11 is 0. The lowest BCUT2D eigenvalue weighted by Gasteiger charge is -2.18. The topological polar surface area (TPSA) is 81.7 Å². The van der Waals surface area contributed by atoms with Gasteiger partial charge < -0.3 is 14.8 Å². The molecule has 1 amide bonds. The Kier molecular flexibility index (Phi) is 4.06. The third-order valence-corrected chi connectivity index (χ3v) is 5.34. The van der Waals surface area contributed by atoms with Crippen LogP contribution in [-0.4, -0.2) is 45.1 Å². The van der Waals surface area contributed by atoms with Gasteiger partial charge in [0.25, 0.3) is 0 Å². The second kappa shape index (κ2) is 6.00. The van der Waals surface area contributed by atoms with E-state index in [1.54, 1.807) is 18.2 Å². The maximum atomic E-state index is 11.8. The Hall–Kier alpha value is -2.02. The third kappa shape index (κ3) is 3.59. The van der Waals surface area contributed by atoms with Gasteiger partial charge in [-0.1, -0.05) is 6.07 Å². The Bertz CT molecular complexity index is 711. The molecular formula is C15H17NO5S. The summed E-state index contributed by atoms with van der Waals surface area (Å²) in [4.78, 5) is 11.8. The van der Waals surface area contributed by atoms with Crippen LogP contribution in [0.2, 0.25) is 0 Å². The predicted octanol–water partition coefficient (Wildman–Crippen LogP) is 0.774. The van der Waals surface area contributed by atoms with Gasteiger partial charge in [0.15, 0.2) is 21.3 Å². The van der Waals surface area contributed by atoms with Gasteiger partial charge in [-0.3, -0.25) is 4.79 Å². The van der Waals surface area contributed by atoms with Crippen molar-refractivity contribution in [2.75, 3.05) is 24.7 Å². The lowest BCUT2D eigenvalue weighted by Crippen LogP contribution is -2.34. The van der Waals surface area contributed by atoms with Crippen molar-refractivity contribution in [1.29, 1.82) is 0 Å². The van der Waals surface area contributed by atoms with Crippen molar-refractivity contribution in [3.63, 3.8) is 0 Å². The van der Waals surface area contributed by atoms with Crippen LogP contribution in [0.15, 0.2) is 24.3 Å². The van der Waals surface area contributed by atoms with Gasteiger partial charge in [-0.15, -0.1) is 0 Å². The SMILES string of the molecule is O=C(/C=C/c1ccc2c(c1)OCCO2)N[C@H]1CCS(=O)(=O)C1. The summed E-state index contributed by atoms with van der Waals surface area (Å²) in [6.07, 6.45) is 3.54. The fraction of sp³-hybridized carbons (Fsp3) is 0.400. The molecule has 0 aliphatic carbocycles. The van der Waals surface area contributed by atoms with Crippen LogP contribution in [-0.2, 0) is 14.6 Å². The minimum Gasteiger partial charge on any atom is -0.486 e. The standard InChI is InChI=1S/C15H17NO5S/c17-15(16-12-5-8-22(18,19)10-12)4-2-11-1-3-13-14(9-11)21-7-6-20-13/h1-4,9,12H,5-8,10H2,(H,16,17)/b4-2+/t12-/m0/s1. The summed E-state index contributed by atoms with van der Waals surface area (Å²) in [5.74, 6) is 1.23. The first-order valence-corrected chi connectivity index (χ1v) is 8.93. The van der Waals surface area contributed by atoms with Gasteiger partial charge >= 0.3 is 0 Å². The number of carbonyl (C=O) groups excluding carboxylic acids is 1. The van der Waals surface area contributed by atoms with Gasteiger partial charge in [0.05, 0.1) is 11.5 Å². The number of sulfone groups is 1. The van der Waals surface area contributed by atoms with Crippen molar-refractivity contribution in [2.45, 2.75) is 12.5 Å². The Morgan fingerprint density at radius 2 is 2.00 bits per heavy atom. The van der Waals surface area contributed by atoms with Crippen LogP contribution in [0.4, 0.5) is 0 Å². The molecule has 1 fully saturated rings. The maximum absolute atomic E-state index is 11.8. The number of ether oxygens (including phenoxy) is 2. The lowest BCUT2D eigenvalue weighted by atomic mass is 10.1. The first-order chi connectivity index (χ1) is 10.5. The Labute approximate surface area is 129 Å². The van der Waals surface area contributed by atoms with E-state index in [0.29, 0.717) is 31.1 Å². The van der Waals surface area contributed by atoms with Crippen LogP contribution in [0.3, 0.4) is 0 Å². The molecule has 22 heavy (non-hydrogen) atoms. The van der Waals surface area contributed by atoms with Crippen LogP contribution in [0, 0.1) is 0 Å². The van der Waals surface area contributed by atoms with Crippen molar-refractivity contribution < 1.29 is 22.7 Å². The molecule has 118 valence electrons. The molecule has 1 saturated heterocycles. The number of nitrogens with one attached hydrogen (secondary N) is 1. The molecule has 1 aromatic rings. The van der Waals surface area contributed by atoms with Crippen molar-refractivity contribution in [1.82, 2.24) is 5.32 Å². The van der Waals surface area contributed by atoms with E-state index in [1.165, 1.54) is 6.08 Å². The molecule has 2 heterocycles. The van der Waals surface area contributed by atoms with Crippen molar-refractivity contribution in [2.24, 2.45) is 0 Å². The second-order valence-electron chi connectivity index (χ2n) is 5.34. The summed E-state index contributed by atoms with van der Waals surface area (Å²) < 4.78 is 33.6. The molecule has 0 aromatic heterocycles. The number of hydrogen-bond acceptors (Lipinski definition) is 5. The molecular weight excluding hydrogens is 306 g/mol. The van der Waals surface area contributed by atoms with Gasteiger partial charge in [-0.05, 0) is 30.2 Å². The van der Waals surface area contributed by atoms with E-state index in [2.05, 4.69) is 5.32 Å². The highest BCUT2D eigenvalue weighted by Crippen LogP contribution is 2.31. The maximum Gasteiger partial charge on any atom is 0.244 e. The summed E-state index contributed by atoms with van der Waals surface area (Å²) in [6.45, 7) is 1.05. The first-order valence-electron chi connectivity index (χ1n) is 7.10. The van der Waals surface area contributed by atoms with E-state index in [9.17, 15) is 13.2 Å². The minimum atomic E-state index is -2.99. The van der Waals surface area contributed by atoms with Gasteiger partial charge in [-0.2, -0.15) is 0 Å². The molecule has 0 saturated carbocycles. The fourth-order valence-corrected chi connectivity index (χ4v) is 4.17. The van der Waals surface area contributed by atoms with Crippen molar-refractivity contribution in [3.8, 4) is 11.5 Å². The summed E-state index contributed by atoms with van der Waals surface area (Å²) in [6, 6.07) is 5.15. The number of benzene rings is 1. The van der Waals surface area contributed by atoms with E-state index >= 15 is 0 Å². The second-order valence-corrected chi connectivity index (χ2v) is 7.57. The van der Waals surface area contributed by atoms with Gasteiger partial charge in [0.1, 0.15) is 13.2 Å². The summed E-state index contributed by atoms with van der Waals surface area (Å²) in [5.41, 5.74) is 0.818. The molecule has 6 nitrogen and oxygen atoms in total. The Morgan fingerprint density at radius 3 is 2.73 bits per heavy atom. The quantitative estimate of drug-likeness (QED) is 0.831. The van der Waals surface area contributed by atoms with Crippen LogP contribution in [0.5, 0.6) is 11.5 Å². The largest absolute Gasteiger partial charge is 0.486 e. The number of hydrogen-bond donors (Lipinski definition) is 1. The zero-order valence-electron chi connectivity index (χ0n) is 11.9. The molecule has 2 aliphatic rings. The van der Waals surface area contributed by atoms with Crippen LogP contribution in [0.1, 0.15) is 12.0 Å². The van der Waals surface area contributed by atoms with Crippen LogP contribution in [0.25, 0.3) is 6.08 Å². The third-order valence-electron chi connectivity index (χ3n) is 3.57. The summed E-state index contributed by atoms with van der Waals surface area (Å²) in [5, 5.41) is 2.71. The zero-order chi connectivity index (χ0) is 15.6. The molecule has 0 spiro atoms. The highest BCUT2D eigenvalue weighted by molar-refractivity contribution is 7.91. The number of amides is 1. The van der Waals surface area contributed by atoms with E-state index in [4.69, 9.17) is 9.47 Å². The highest BCUT2D eigenvalue weighted by Gasteiger charge is 2.28. The van der Waals surface area contributed by atoms with E-state index in [1.807, 2.05) is 6.07 Å². The molecule has 1 N–H and O–H groups in total. The smallest absolute Gasteiger partial charge is 0.244 e. The van der Waals surface area contributed by atoms with E-state index < -0.39 is 9.84 Å². The first kappa shape index (κ1) is 14.9. The lowest BCUT2D eigenvalue weighted by molar-refractivity contribution is -0.116. The zero-order valence-corrected chi connectivity index (χ0v) is 12.8. The van der Waals surface area contributed by atoms with E-state index in [-0.39, 0.29) is 23.5 Å². The molecule has 0 unspecified atom stereocenters. The Balaban J connectivity index is 1.60. The molecule has 1 aromatic carbocycles. The van der Waals surface area contributed by atoms with Gasteiger partial charge in [0.2, 0.25) is 5.91 Å².